The Hall–Kier alpha value is -0.770. The maximum Gasteiger partial charge on any atom is 0.190 e. The Balaban J connectivity index is 1.45. The molecule has 1 saturated heterocycles. The van der Waals surface area contributed by atoms with E-state index in [-0.39, 0.29) is 0 Å². The predicted molar refractivity (Wildman–Crippen MR) is 90.8 cm³/mol. The van der Waals surface area contributed by atoms with Gasteiger partial charge in [0.15, 0.2) is 5.96 Å². The van der Waals surface area contributed by atoms with Gasteiger partial charge in [0.25, 0.3) is 0 Å². The molecule has 0 bridgehead atoms. The Morgan fingerprint density at radius 3 is 2.33 bits per heavy atom. The fourth-order valence-electron chi connectivity index (χ4n) is 3.02. The summed E-state index contributed by atoms with van der Waals surface area (Å²) in [6, 6.07) is 0. The highest BCUT2D eigenvalue weighted by molar-refractivity contribution is 5.79. The number of aliphatic imine (C=N–C) groups is 1. The lowest BCUT2D eigenvalue weighted by Gasteiger charge is -2.30. The molecule has 0 spiro atoms. The summed E-state index contributed by atoms with van der Waals surface area (Å²) in [7, 11) is 1.86. The van der Waals surface area contributed by atoms with E-state index in [0.717, 1.165) is 30.9 Å². The first-order valence-electron chi connectivity index (χ1n) is 8.95. The van der Waals surface area contributed by atoms with Crippen molar-refractivity contribution in [1.82, 2.24) is 15.5 Å². The summed E-state index contributed by atoms with van der Waals surface area (Å²) < 4.78 is 0. The minimum Gasteiger partial charge on any atom is -0.356 e. The normalized spacial score (nSPS) is 21.5. The van der Waals surface area contributed by atoms with Crippen molar-refractivity contribution in [2.24, 2.45) is 16.8 Å². The lowest BCUT2D eigenvalue weighted by Crippen LogP contribution is -2.40. The molecule has 0 aromatic carbocycles. The largest absolute Gasteiger partial charge is 0.356 e. The first-order valence-corrected chi connectivity index (χ1v) is 8.95. The third kappa shape index (κ3) is 7.16. The lowest BCUT2D eigenvalue weighted by atomic mass is 9.99. The van der Waals surface area contributed by atoms with Crippen molar-refractivity contribution >= 4 is 5.96 Å². The molecule has 4 heteroatoms. The van der Waals surface area contributed by atoms with E-state index >= 15 is 0 Å². The zero-order valence-electron chi connectivity index (χ0n) is 14.0. The van der Waals surface area contributed by atoms with Gasteiger partial charge < -0.3 is 15.5 Å². The van der Waals surface area contributed by atoms with E-state index in [1.54, 1.807) is 0 Å². The second-order valence-corrected chi connectivity index (χ2v) is 6.89. The zero-order valence-corrected chi connectivity index (χ0v) is 14.0. The van der Waals surface area contributed by atoms with Gasteiger partial charge >= 0.3 is 0 Å². The molecule has 0 atom stereocenters. The number of nitrogens with one attached hydrogen (secondary N) is 2. The van der Waals surface area contributed by atoms with Gasteiger partial charge in [0.05, 0.1) is 0 Å². The van der Waals surface area contributed by atoms with E-state index in [9.17, 15) is 0 Å². The van der Waals surface area contributed by atoms with Gasteiger partial charge in [-0.3, -0.25) is 4.99 Å². The van der Waals surface area contributed by atoms with Gasteiger partial charge in [-0.15, -0.1) is 0 Å². The second kappa shape index (κ2) is 9.29. The number of piperidine rings is 1. The Morgan fingerprint density at radius 1 is 1.05 bits per heavy atom. The van der Waals surface area contributed by atoms with Crippen LogP contribution in [0.3, 0.4) is 0 Å². The van der Waals surface area contributed by atoms with Gasteiger partial charge in [0.2, 0.25) is 0 Å². The molecule has 0 unspecified atom stereocenters. The van der Waals surface area contributed by atoms with E-state index in [1.165, 1.54) is 64.6 Å². The molecule has 1 saturated carbocycles. The van der Waals surface area contributed by atoms with Crippen molar-refractivity contribution in [3.8, 4) is 0 Å². The van der Waals surface area contributed by atoms with Crippen molar-refractivity contribution in [2.75, 3.05) is 39.8 Å². The number of guanidine groups is 1. The molecule has 0 aromatic rings. The summed E-state index contributed by atoms with van der Waals surface area (Å²) >= 11 is 0. The van der Waals surface area contributed by atoms with Crippen molar-refractivity contribution in [1.29, 1.82) is 0 Å². The maximum absolute atomic E-state index is 4.30. The van der Waals surface area contributed by atoms with Crippen molar-refractivity contribution in [3.63, 3.8) is 0 Å². The predicted octanol–water partition coefficient (Wildman–Crippen LogP) is 2.46. The maximum atomic E-state index is 4.30. The van der Waals surface area contributed by atoms with Crippen LogP contribution in [0, 0.1) is 11.8 Å². The molecular weight excluding hydrogens is 260 g/mol. The first-order chi connectivity index (χ1) is 10.3. The average molecular weight is 294 g/mol. The minimum absolute atomic E-state index is 0.929. The van der Waals surface area contributed by atoms with Crippen molar-refractivity contribution in [3.05, 3.63) is 0 Å². The van der Waals surface area contributed by atoms with Crippen LogP contribution in [-0.2, 0) is 0 Å². The van der Waals surface area contributed by atoms with Gasteiger partial charge in [0, 0.05) is 20.1 Å². The van der Waals surface area contributed by atoms with Crippen LogP contribution in [0.15, 0.2) is 4.99 Å². The highest BCUT2D eigenvalue weighted by Crippen LogP contribution is 2.33. The first kappa shape index (κ1) is 16.6. The second-order valence-electron chi connectivity index (χ2n) is 6.89. The molecule has 1 aliphatic heterocycles. The lowest BCUT2D eigenvalue weighted by molar-refractivity contribution is 0.191. The van der Waals surface area contributed by atoms with Crippen LogP contribution in [0.25, 0.3) is 0 Å². The van der Waals surface area contributed by atoms with Crippen LogP contribution in [0.1, 0.15) is 51.9 Å². The molecule has 122 valence electrons. The molecule has 0 aromatic heterocycles. The quantitative estimate of drug-likeness (QED) is 0.410. The molecule has 0 amide bonds. The van der Waals surface area contributed by atoms with E-state index in [2.05, 4.69) is 27.4 Å². The Kier molecular flexibility index (Phi) is 7.34. The Morgan fingerprint density at radius 2 is 1.71 bits per heavy atom. The van der Waals surface area contributed by atoms with E-state index < -0.39 is 0 Å². The molecule has 4 nitrogen and oxygen atoms in total. The Labute approximate surface area is 130 Å². The SMILES string of the molecule is CN=C(NCCCC1CC1)NCCCN1CCC(C)CC1. The van der Waals surface area contributed by atoms with Gasteiger partial charge in [-0.05, 0) is 63.6 Å². The third-order valence-electron chi connectivity index (χ3n) is 4.82. The number of likely N-dealkylation sites (tertiary alicyclic amines) is 1. The van der Waals surface area contributed by atoms with Gasteiger partial charge in [-0.25, -0.2) is 0 Å². The van der Waals surface area contributed by atoms with Gasteiger partial charge in [-0.1, -0.05) is 19.8 Å². The molecule has 2 rings (SSSR count). The smallest absolute Gasteiger partial charge is 0.190 e. The van der Waals surface area contributed by atoms with Crippen LogP contribution in [0.5, 0.6) is 0 Å². The summed E-state index contributed by atoms with van der Waals surface area (Å²) in [5.41, 5.74) is 0. The van der Waals surface area contributed by atoms with Crippen LogP contribution in [0.4, 0.5) is 0 Å². The standard InChI is InChI=1S/C17H34N4/c1-15-8-13-21(14-9-15)12-4-11-20-17(18-2)19-10-3-5-16-6-7-16/h15-16H,3-14H2,1-2H3,(H2,18,19,20). The number of hydrogen-bond donors (Lipinski definition) is 2. The number of nitrogens with zero attached hydrogens (tertiary/aromatic N) is 2. The topological polar surface area (TPSA) is 39.7 Å². The van der Waals surface area contributed by atoms with Crippen molar-refractivity contribution < 1.29 is 0 Å². The minimum atomic E-state index is 0.929. The van der Waals surface area contributed by atoms with Crippen LogP contribution >= 0.6 is 0 Å². The van der Waals surface area contributed by atoms with Crippen LogP contribution in [-0.4, -0.2) is 50.6 Å². The van der Waals surface area contributed by atoms with Crippen LogP contribution < -0.4 is 10.6 Å². The monoisotopic (exact) mass is 294 g/mol. The molecule has 0 radical (unpaired) electrons. The average Bonchev–Trinajstić information content (AvgIpc) is 3.31. The summed E-state index contributed by atoms with van der Waals surface area (Å²) in [4.78, 5) is 6.90. The van der Waals surface area contributed by atoms with Crippen molar-refractivity contribution in [2.45, 2.75) is 51.9 Å². The number of rotatable bonds is 8. The molecule has 2 aliphatic rings. The summed E-state index contributed by atoms with van der Waals surface area (Å²) in [6.07, 6.45) is 9.53. The summed E-state index contributed by atoms with van der Waals surface area (Å²) in [5, 5.41) is 6.86. The molecule has 1 aliphatic carbocycles. The molecule has 1 heterocycles. The summed E-state index contributed by atoms with van der Waals surface area (Å²) in [5.74, 6) is 2.94. The highest BCUT2D eigenvalue weighted by atomic mass is 15.2. The number of hydrogen-bond acceptors (Lipinski definition) is 2. The fourth-order valence-corrected chi connectivity index (χ4v) is 3.02. The highest BCUT2D eigenvalue weighted by Gasteiger charge is 2.20. The molecular formula is C17H34N4. The zero-order chi connectivity index (χ0) is 14.9. The van der Waals surface area contributed by atoms with Gasteiger partial charge in [-0.2, -0.15) is 0 Å². The fraction of sp³-hybridized carbons (Fsp3) is 0.941. The Bertz CT molecular complexity index is 304. The van der Waals surface area contributed by atoms with E-state index in [1.807, 2.05) is 7.05 Å². The third-order valence-corrected chi connectivity index (χ3v) is 4.82. The molecule has 2 fully saturated rings. The molecule has 2 N–H and O–H groups in total. The van der Waals surface area contributed by atoms with E-state index in [4.69, 9.17) is 0 Å². The van der Waals surface area contributed by atoms with E-state index in [0.29, 0.717) is 0 Å². The van der Waals surface area contributed by atoms with Gasteiger partial charge in [0.1, 0.15) is 0 Å². The molecule has 21 heavy (non-hydrogen) atoms. The summed E-state index contributed by atoms with van der Waals surface area (Å²) in [6.45, 7) is 8.25. The van der Waals surface area contributed by atoms with Crippen LogP contribution in [0.2, 0.25) is 0 Å².